The van der Waals surface area contributed by atoms with Crippen LogP contribution in [0.2, 0.25) is 0 Å². The van der Waals surface area contributed by atoms with E-state index in [0.29, 0.717) is 18.8 Å². The van der Waals surface area contributed by atoms with E-state index in [2.05, 4.69) is 6.92 Å². The summed E-state index contributed by atoms with van der Waals surface area (Å²) in [6, 6.07) is 0. The summed E-state index contributed by atoms with van der Waals surface area (Å²) < 4.78 is 23.6. The molecular weight excluding hydrogens is 440 g/mol. The highest BCUT2D eigenvalue weighted by Gasteiger charge is 2.42. The summed E-state index contributed by atoms with van der Waals surface area (Å²) in [6.45, 7) is 12.3. The fourth-order valence-electron chi connectivity index (χ4n) is 5.43. The number of Topliss-reactive ketones (excluding diaryl/α,β-unsaturated/α-hetero) is 1. The van der Waals surface area contributed by atoms with Gasteiger partial charge < -0.3 is 29.2 Å². The van der Waals surface area contributed by atoms with E-state index in [9.17, 15) is 19.8 Å². The molecule has 0 aromatic rings. The number of ketones is 1. The van der Waals surface area contributed by atoms with Crippen molar-refractivity contribution in [1.29, 1.82) is 0 Å². The Labute approximate surface area is 204 Å². The number of aliphatic hydroxyl groups excluding tert-OH is 1. The molecule has 8 heteroatoms. The molecular formula is C26H46O8. The van der Waals surface area contributed by atoms with Gasteiger partial charge in [0.05, 0.1) is 30.3 Å². The van der Waals surface area contributed by atoms with Crippen molar-refractivity contribution in [2.24, 2.45) is 29.6 Å². The topological polar surface area (TPSA) is 112 Å². The molecule has 2 rings (SSSR count). The average molecular weight is 487 g/mol. The third kappa shape index (κ3) is 7.47. The van der Waals surface area contributed by atoms with Crippen LogP contribution in [0.4, 0.5) is 0 Å². The standard InChI is InChI=1S/C26H46O8/c1-14-9-17(4)33-21(10-14)34-23-16(3)12-20(31-8)11-15(2)22(27)18(5)24(28)26(7,30)13-32-25(29)19(23)6/h14-21,23-24,28,30H,9-13H2,1-8H3/t14?,15-,16-,17?,18?,19?,20?,21+,23+,24?,26-/m1/s1. The van der Waals surface area contributed by atoms with Crippen LogP contribution in [-0.2, 0) is 28.5 Å². The number of methoxy groups -OCH3 is 1. The first-order chi connectivity index (χ1) is 15.8. The molecule has 0 bridgehead atoms. The zero-order valence-electron chi connectivity index (χ0n) is 22.2. The van der Waals surface area contributed by atoms with Gasteiger partial charge in [0.2, 0.25) is 0 Å². The van der Waals surface area contributed by atoms with E-state index in [1.54, 1.807) is 21.0 Å². The maximum absolute atomic E-state index is 13.0. The van der Waals surface area contributed by atoms with Crippen LogP contribution in [0.3, 0.4) is 0 Å². The van der Waals surface area contributed by atoms with Crippen molar-refractivity contribution in [3.63, 3.8) is 0 Å². The van der Waals surface area contributed by atoms with Gasteiger partial charge in [0.25, 0.3) is 0 Å². The van der Waals surface area contributed by atoms with E-state index in [1.165, 1.54) is 6.92 Å². The van der Waals surface area contributed by atoms with Crippen LogP contribution in [0.5, 0.6) is 0 Å². The van der Waals surface area contributed by atoms with E-state index in [1.807, 2.05) is 20.8 Å². The number of hydrogen-bond acceptors (Lipinski definition) is 8. The van der Waals surface area contributed by atoms with Gasteiger partial charge in [-0.05, 0) is 51.9 Å². The Morgan fingerprint density at radius 3 is 2.21 bits per heavy atom. The Balaban J connectivity index is 2.32. The molecule has 6 unspecified atom stereocenters. The number of esters is 1. The summed E-state index contributed by atoms with van der Waals surface area (Å²) in [4.78, 5) is 26.0. The minimum Gasteiger partial charge on any atom is -0.462 e. The fourth-order valence-corrected chi connectivity index (χ4v) is 5.43. The second kappa shape index (κ2) is 12.3. The first-order valence-corrected chi connectivity index (χ1v) is 12.7. The second-order valence-electron chi connectivity index (χ2n) is 11.2. The number of carbonyl (C=O) groups is 2. The van der Waals surface area contributed by atoms with Crippen molar-refractivity contribution < 1.29 is 38.7 Å². The number of hydrogen-bond donors (Lipinski definition) is 2. The van der Waals surface area contributed by atoms with Gasteiger partial charge in [-0.25, -0.2) is 0 Å². The molecule has 0 aliphatic carbocycles. The lowest BCUT2D eigenvalue weighted by molar-refractivity contribution is -0.239. The highest BCUT2D eigenvalue weighted by molar-refractivity contribution is 5.83. The third-order valence-electron chi connectivity index (χ3n) is 7.58. The summed E-state index contributed by atoms with van der Waals surface area (Å²) in [6.07, 6.45) is 0.296. The van der Waals surface area contributed by atoms with E-state index >= 15 is 0 Å². The van der Waals surface area contributed by atoms with Gasteiger partial charge >= 0.3 is 5.97 Å². The van der Waals surface area contributed by atoms with Gasteiger partial charge in [0.15, 0.2) is 6.29 Å². The summed E-state index contributed by atoms with van der Waals surface area (Å²) in [5, 5.41) is 21.5. The highest BCUT2D eigenvalue weighted by Crippen LogP contribution is 2.33. The first kappa shape index (κ1) is 29.2. The molecule has 2 fully saturated rings. The molecule has 0 aromatic carbocycles. The van der Waals surface area contributed by atoms with Crippen molar-refractivity contribution in [2.75, 3.05) is 13.7 Å². The van der Waals surface area contributed by atoms with E-state index in [4.69, 9.17) is 18.9 Å². The quantitative estimate of drug-likeness (QED) is 0.586. The fraction of sp³-hybridized carbons (Fsp3) is 0.923. The van der Waals surface area contributed by atoms with Gasteiger partial charge in [-0.15, -0.1) is 0 Å². The number of ether oxygens (including phenoxy) is 4. The SMILES string of the molecule is COC1C[C@@H](C)C(=O)C(C)C(O)[C@](C)(O)COC(=O)C(C)[C@@H](O[C@H]2CC(C)CC(C)O2)[C@H](C)C1. The van der Waals surface area contributed by atoms with Crippen molar-refractivity contribution in [3.05, 3.63) is 0 Å². The zero-order chi connectivity index (χ0) is 25.8. The van der Waals surface area contributed by atoms with Crippen molar-refractivity contribution in [3.8, 4) is 0 Å². The average Bonchev–Trinajstić information content (AvgIpc) is 2.77. The Morgan fingerprint density at radius 1 is 0.971 bits per heavy atom. The molecule has 0 radical (unpaired) electrons. The normalized spacial score (nSPS) is 45.9. The molecule has 2 heterocycles. The number of cyclic esters (lactones) is 1. The van der Waals surface area contributed by atoms with Crippen LogP contribution in [0, 0.1) is 29.6 Å². The molecule has 34 heavy (non-hydrogen) atoms. The highest BCUT2D eigenvalue weighted by atomic mass is 16.7. The summed E-state index contributed by atoms with van der Waals surface area (Å²) in [5.41, 5.74) is -1.77. The Hall–Kier alpha value is -1.06. The van der Waals surface area contributed by atoms with Gasteiger partial charge in [-0.3, -0.25) is 9.59 Å². The van der Waals surface area contributed by atoms with Gasteiger partial charge in [-0.1, -0.05) is 27.7 Å². The van der Waals surface area contributed by atoms with E-state index in [-0.39, 0.29) is 29.8 Å². The van der Waals surface area contributed by atoms with E-state index < -0.39 is 48.5 Å². The Morgan fingerprint density at radius 2 is 1.62 bits per heavy atom. The predicted molar refractivity (Wildman–Crippen MR) is 127 cm³/mol. The van der Waals surface area contributed by atoms with Gasteiger partial charge in [0, 0.05) is 25.4 Å². The maximum Gasteiger partial charge on any atom is 0.311 e. The zero-order valence-corrected chi connectivity index (χ0v) is 22.2. The Bertz CT molecular complexity index is 670. The first-order valence-electron chi connectivity index (χ1n) is 12.7. The number of rotatable bonds is 3. The lowest BCUT2D eigenvalue weighted by Gasteiger charge is -2.39. The lowest BCUT2D eigenvalue weighted by atomic mass is 9.80. The van der Waals surface area contributed by atoms with Crippen molar-refractivity contribution in [2.45, 2.75) is 110 Å². The second-order valence-corrected chi connectivity index (χ2v) is 11.2. The minimum atomic E-state index is -1.77. The summed E-state index contributed by atoms with van der Waals surface area (Å²) in [7, 11) is 1.61. The minimum absolute atomic E-state index is 0.0713. The van der Waals surface area contributed by atoms with Crippen molar-refractivity contribution >= 4 is 11.8 Å². The maximum atomic E-state index is 13.0. The monoisotopic (exact) mass is 486 g/mol. The molecule has 8 nitrogen and oxygen atoms in total. The van der Waals surface area contributed by atoms with E-state index in [0.717, 1.165) is 12.8 Å². The van der Waals surface area contributed by atoms with Gasteiger partial charge in [0.1, 0.15) is 18.0 Å². The molecule has 0 aromatic heterocycles. The molecule has 11 atom stereocenters. The van der Waals surface area contributed by atoms with Crippen LogP contribution in [0.25, 0.3) is 0 Å². The van der Waals surface area contributed by atoms with Gasteiger partial charge in [-0.2, -0.15) is 0 Å². The summed E-state index contributed by atoms with van der Waals surface area (Å²) in [5.74, 6) is -2.15. The molecule has 2 aliphatic heterocycles. The van der Waals surface area contributed by atoms with Crippen LogP contribution in [0.15, 0.2) is 0 Å². The molecule has 0 spiro atoms. The van der Waals surface area contributed by atoms with Crippen LogP contribution in [-0.4, -0.2) is 72.0 Å². The van der Waals surface area contributed by atoms with Crippen LogP contribution in [0.1, 0.15) is 74.1 Å². The molecule has 0 saturated carbocycles. The molecule has 0 amide bonds. The molecule has 2 saturated heterocycles. The largest absolute Gasteiger partial charge is 0.462 e. The molecule has 2 N–H and O–H groups in total. The lowest BCUT2D eigenvalue weighted by Crippen LogP contribution is -2.51. The van der Waals surface area contributed by atoms with Crippen molar-refractivity contribution in [1.82, 2.24) is 0 Å². The number of carbonyl (C=O) groups excluding carboxylic acids is 2. The van der Waals surface area contributed by atoms with Crippen LogP contribution >= 0.6 is 0 Å². The molecule has 198 valence electrons. The Kier molecular flexibility index (Phi) is 10.5. The summed E-state index contributed by atoms with van der Waals surface area (Å²) >= 11 is 0. The molecule has 2 aliphatic rings. The predicted octanol–water partition coefficient (Wildman–Crippen LogP) is 3.11. The smallest absolute Gasteiger partial charge is 0.311 e. The third-order valence-corrected chi connectivity index (χ3v) is 7.58. The number of aliphatic hydroxyl groups is 2. The van der Waals surface area contributed by atoms with Crippen LogP contribution < -0.4 is 0 Å².